The molecule has 0 N–H and O–H groups in total. The minimum Gasteiger partial charge on any atom is -0.462 e. The third-order valence-electron chi connectivity index (χ3n) is 6.62. The van der Waals surface area contributed by atoms with E-state index in [4.69, 9.17) is 4.74 Å². The first kappa shape index (κ1) is 25.7. The van der Waals surface area contributed by atoms with Gasteiger partial charge in [-0.2, -0.15) is 0 Å². The largest absolute Gasteiger partial charge is 0.462 e. The topological polar surface area (TPSA) is 26.3 Å². The van der Waals surface area contributed by atoms with E-state index in [2.05, 4.69) is 63.2 Å². The van der Waals surface area contributed by atoms with Gasteiger partial charge in [-0.15, -0.1) is 0 Å². The first-order valence-corrected chi connectivity index (χ1v) is 13.1. The summed E-state index contributed by atoms with van der Waals surface area (Å²) >= 11 is 0. The maximum absolute atomic E-state index is 12.7. The molecule has 3 aromatic carbocycles. The molecule has 180 valence electrons. The molecular weight excluding hydrogens is 416 g/mol. The SMILES string of the molecule is CCCCCCCCc1ccc(-c2ccc(C(=O)OC[C@@H](C)CC)cc2-c2ccccc2)cc1. The Morgan fingerprint density at radius 1 is 0.765 bits per heavy atom. The highest BCUT2D eigenvalue weighted by atomic mass is 16.5. The molecule has 3 rings (SSSR count). The third-order valence-corrected chi connectivity index (χ3v) is 6.62. The van der Waals surface area contributed by atoms with Crippen LogP contribution in [0.3, 0.4) is 0 Å². The number of hydrogen-bond donors (Lipinski definition) is 0. The number of esters is 1. The van der Waals surface area contributed by atoms with Gasteiger partial charge in [0, 0.05) is 0 Å². The van der Waals surface area contributed by atoms with Crippen LogP contribution in [0.5, 0.6) is 0 Å². The molecule has 0 unspecified atom stereocenters. The van der Waals surface area contributed by atoms with E-state index < -0.39 is 0 Å². The van der Waals surface area contributed by atoms with Gasteiger partial charge >= 0.3 is 5.97 Å². The number of ether oxygens (including phenoxy) is 1. The quantitative estimate of drug-likeness (QED) is 0.189. The first-order chi connectivity index (χ1) is 16.6. The molecule has 0 saturated carbocycles. The Labute approximate surface area is 206 Å². The number of carbonyl (C=O) groups excluding carboxylic acids is 1. The van der Waals surface area contributed by atoms with E-state index >= 15 is 0 Å². The second kappa shape index (κ2) is 13.7. The Balaban J connectivity index is 1.77. The van der Waals surface area contributed by atoms with E-state index in [9.17, 15) is 4.79 Å². The average Bonchev–Trinajstić information content (AvgIpc) is 2.89. The van der Waals surface area contributed by atoms with Crippen LogP contribution >= 0.6 is 0 Å². The van der Waals surface area contributed by atoms with Crippen LogP contribution < -0.4 is 0 Å². The summed E-state index contributed by atoms with van der Waals surface area (Å²) in [5.74, 6) is 0.116. The van der Waals surface area contributed by atoms with Crippen LogP contribution in [0.25, 0.3) is 22.3 Å². The van der Waals surface area contributed by atoms with Gasteiger partial charge in [0.05, 0.1) is 12.2 Å². The van der Waals surface area contributed by atoms with Crippen LogP contribution in [0.1, 0.15) is 81.6 Å². The van der Waals surface area contributed by atoms with Crippen molar-refractivity contribution in [2.45, 2.75) is 72.1 Å². The fourth-order valence-electron chi connectivity index (χ4n) is 4.16. The molecule has 0 heterocycles. The molecule has 2 nitrogen and oxygen atoms in total. The molecule has 0 aromatic heterocycles. The van der Waals surface area contributed by atoms with Crippen LogP contribution in [0.15, 0.2) is 72.8 Å². The maximum atomic E-state index is 12.7. The molecule has 0 spiro atoms. The summed E-state index contributed by atoms with van der Waals surface area (Å²) in [5, 5.41) is 0. The van der Waals surface area contributed by atoms with Crippen molar-refractivity contribution in [2.24, 2.45) is 5.92 Å². The predicted molar refractivity (Wildman–Crippen MR) is 144 cm³/mol. The summed E-state index contributed by atoms with van der Waals surface area (Å²) in [5.41, 5.74) is 6.46. The molecule has 0 aliphatic rings. The summed E-state index contributed by atoms with van der Waals surface area (Å²) in [6.45, 7) is 6.93. The summed E-state index contributed by atoms with van der Waals surface area (Å²) < 4.78 is 5.56. The van der Waals surface area contributed by atoms with E-state index in [1.165, 1.54) is 49.7 Å². The second-order valence-corrected chi connectivity index (χ2v) is 9.45. The molecule has 2 heteroatoms. The van der Waals surface area contributed by atoms with Gasteiger partial charge in [0.15, 0.2) is 0 Å². The van der Waals surface area contributed by atoms with E-state index in [1.54, 1.807) is 0 Å². The molecule has 0 saturated heterocycles. The summed E-state index contributed by atoms with van der Waals surface area (Å²) in [6.07, 6.45) is 10.1. The van der Waals surface area contributed by atoms with Gasteiger partial charge in [0.2, 0.25) is 0 Å². The highest BCUT2D eigenvalue weighted by molar-refractivity contribution is 5.94. The first-order valence-electron chi connectivity index (χ1n) is 13.1. The van der Waals surface area contributed by atoms with Crippen molar-refractivity contribution in [1.82, 2.24) is 0 Å². The van der Waals surface area contributed by atoms with Gasteiger partial charge in [-0.05, 0) is 58.7 Å². The number of unbranched alkanes of at least 4 members (excludes halogenated alkanes) is 5. The van der Waals surface area contributed by atoms with E-state index in [0.29, 0.717) is 18.1 Å². The summed E-state index contributed by atoms with van der Waals surface area (Å²) in [6, 6.07) is 25.2. The molecule has 1 atom stereocenters. The number of rotatable bonds is 13. The molecule has 0 radical (unpaired) electrons. The molecule has 0 amide bonds. The molecule has 34 heavy (non-hydrogen) atoms. The number of hydrogen-bond acceptors (Lipinski definition) is 2. The normalized spacial score (nSPS) is 11.9. The van der Waals surface area contributed by atoms with Crippen LogP contribution in [-0.4, -0.2) is 12.6 Å². The van der Waals surface area contributed by atoms with Gasteiger partial charge in [-0.3, -0.25) is 0 Å². The monoisotopic (exact) mass is 456 g/mol. The number of benzene rings is 3. The minimum atomic E-state index is -0.252. The molecule has 0 bridgehead atoms. The van der Waals surface area contributed by atoms with Gasteiger partial charge in [0.1, 0.15) is 0 Å². The van der Waals surface area contributed by atoms with E-state index in [0.717, 1.165) is 29.5 Å². The van der Waals surface area contributed by atoms with Gasteiger partial charge in [0.25, 0.3) is 0 Å². The summed E-state index contributed by atoms with van der Waals surface area (Å²) in [4.78, 5) is 12.7. The molecule has 3 aromatic rings. The van der Waals surface area contributed by atoms with E-state index in [1.807, 2.05) is 30.3 Å². The van der Waals surface area contributed by atoms with Crippen molar-refractivity contribution in [1.29, 1.82) is 0 Å². The highest BCUT2D eigenvalue weighted by Crippen LogP contribution is 2.33. The van der Waals surface area contributed by atoms with Crippen molar-refractivity contribution < 1.29 is 9.53 Å². The molecule has 0 fully saturated rings. The fraction of sp³-hybridized carbons (Fsp3) is 0.406. The zero-order chi connectivity index (χ0) is 24.2. The maximum Gasteiger partial charge on any atom is 0.338 e. The predicted octanol–water partition coefficient (Wildman–Crippen LogP) is 9.13. The number of carbonyl (C=O) groups is 1. The van der Waals surface area contributed by atoms with Crippen LogP contribution in [-0.2, 0) is 11.2 Å². The molecular formula is C32H40O2. The van der Waals surface area contributed by atoms with Crippen molar-refractivity contribution in [2.75, 3.05) is 6.61 Å². The van der Waals surface area contributed by atoms with Crippen molar-refractivity contribution in [3.05, 3.63) is 83.9 Å². The summed E-state index contributed by atoms with van der Waals surface area (Å²) in [7, 11) is 0. The third kappa shape index (κ3) is 7.58. The zero-order valence-corrected chi connectivity index (χ0v) is 21.2. The average molecular weight is 457 g/mol. The van der Waals surface area contributed by atoms with Crippen molar-refractivity contribution in [3.8, 4) is 22.3 Å². The Hall–Kier alpha value is -2.87. The Bertz CT molecular complexity index is 1000. The van der Waals surface area contributed by atoms with Crippen molar-refractivity contribution >= 4 is 5.97 Å². The molecule has 0 aliphatic carbocycles. The zero-order valence-electron chi connectivity index (χ0n) is 21.2. The van der Waals surface area contributed by atoms with Gasteiger partial charge in [-0.1, -0.05) is 120 Å². The lowest BCUT2D eigenvalue weighted by molar-refractivity contribution is 0.0447. The minimum absolute atomic E-state index is 0.252. The van der Waals surface area contributed by atoms with Crippen LogP contribution in [0.2, 0.25) is 0 Å². The fourth-order valence-corrected chi connectivity index (χ4v) is 4.16. The molecule has 0 aliphatic heterocycles. The van der Waals surface area contributed by atoms with Gasteiger partial charge < -0.3 is 4.74 Å². The van der Waals surface area contributed by atoms with Crippen molar-refractivity contribution in [3.63, 3.8) is 0 Å². The van der Waals surface area contributed by atoms with Gasteiger partial charge in [-0.25, -0.2) is 4.79 Å². The van der Waals surface area contributed by atoms with E-state index in [-0.39, 0.29) is 5.97 Å². The lowest BCUT2D eigenvalue weighted by atomic mass is 9.92. The lowest BCUT2D eigenvalue weighted by Gasteiger charge is -2.14. The Morgan fingerprint density at radius 2 is 1.44 bits per heavy atom. The smallest absolute Gasteiger partial charge is 0.338 e. The Morgan fingerprint density at radius 3 is 2.15 bits per heavy atom. The Kier molecular flexibility index (Phi) is 10.4. The number of aryl methyl sites for hydroxylation is 1. The van der Waals surface area contributed by atoms with Crippen LogP contribution in [0.4, 0.5) is 0 Å². The van der Waals surface area contributed by atoms with Crippen LogP contribution in [0, 0.1) is 5.92 Å². The second-order valence-electron chi connectivity index (χ2n) is 9.45. The standard InChI is InChI=1S/C32H40O2/c1-4-6-7-8-9-11-14-26-17-19-28(20-18-26)30-22-21-29(32(33)34-24-25(3)5-2)23-31(30)27-15-12-10-13-16-27/h10,12-13,15-23,25H,4-9,11,14,24H2,1-3H3/t25-/m0/s1. The lowest BCUT2D eigenvalue weighted by Crippen LogP contribution is -2.11. The highest BCUT2D eigenvalue weighted by Gasteiger charge is 2.14.